The molecule has 6 nitrogen and oxygen atoms in total. The van der Waals surface area contributed by atoms with E-state index in [1.165, 1.54) is 0 Å². The fourth-order valence-electron chi connectivity index (χ4n) is 3.36. The minimum absolute atomic E-state index is 0.0225. The zero-order valence-corrected chi connectivity index (χ0v) is 14.4. The van der Waals surface area contributed by atoms with E-state index >= 15 is 0 Å². The van der Waals surface area contributed by atoms with Crippen LogP contribution in [0, 0.1) is 11.8 Å². The number of para-hydroxylation sites is 1. The molecule has 3 rings (SSSR count). The van der Waals surface area contributed by atoms with Crippen molar-refractivity contribution >= 4 is 23.5 Å². The van der Waals surface area contributed by atoms with Gasteiger partial charge in [-0.2, -0.15) is 0 Å². The molecular formula is C19H24N2O4. The van der Waals surface area contributed by atoms with Gasteiger partial charge in [-0.3, -0.25) is 9.59 Å². The lowest BCUT2D eigenvalue weighted by Gasteiger charge is -2.12. The van der Waals surface area contributed by atoms with Crippen LogP contribution < -0.4 is 10.6 Å². The number of esters is 1. The molecule has 2 N–H and O–H groups in total. The molecule has 25 heavy (non-hydrogen) atoms. The van der Waals surface area contributed by atoms with Gasteiger partial charge in [-0.1, -0.05) is 25.0 Å². The lowest BCUT2D eigenvalue weighted by Crippen LogP contribution is -2.34. The van der Waals surface area contributed by atoms with E-state index in [1.807, 2.05) is 0 Å². The molecule has 134 valence electrons. The second kappa shape index (κ2) is 7.68. The monoisotopic (exact) mass is 344 g/mol. The van der Waals surface area contributed by atoms with Crippen molar-refractivity contribution in [2.45, 2.75) is 45.1 Å². The molecule has 0 aromatic heterocycles. The predicted molar refractivity (Wildman–Crippen MR) is 93.0 cm³/mol. The molecule has 0 aliphatic heterocycles. The van der Waals surface area contributed by atoms with Crippen LogP contribution in [0.25, 0.3) is 0 Å². The number of hydrogen-bond donors (Lipinski definition) is 2. The molecule has 0 spiro atoms. The maximum atomic E-state index is 12.4. The molecule has 0 bridgehead atoms. The lowest BCUT2D eigenvalue weighted by molar-refractivity contribution is -0.125. The van der Waals surface area contributed by atoms with Crippen LogP contribution in [0.1, 0.15) is 49.4 Å². The molecule has 2 aliphatic carbocycles. The average molecular weight is 344 g/mol. The van der Waals surface area contributed by atoms with Crippen molar-refractivity contribution < 1.29 is 19.1 Å². The van der Waals surface area contributed by atoms with Gasteiger partial charge in [-0.25, -0.2) is 4.79 Å². The molecule has 2 fully saturated rings. The number of benzene rings is 1. The van der Waals surface area contributed by atoms with Crippen LogP contribution in [0.2, 0.25) is 0 Å². The van der Waals surface area contributed by atoms with E-state index in [4.69, 9.17) is 4.74 Å². The summed E-state index contributed by atoms with van der Waals surface area (Å²) in [6.45, 7) is 2.00. The van der Waals surface area contributed by atoms with Crippen molar-refractivity contribution in [2.24, 2.45) is 11.8 Å². The number of rotatable bonds is 6. The maximum absolute atomic E-state index is 12.4. The summed E-state index contributed by atoms with van der Waals surface area (Å²) in [6.07, 6.45) is 4.94. The van der Waals surface area contributed by atoms with E-state index in [0.717, 1.165) is 25.7 Å². The summed E-state index contributed by atoms with van der Waals surface area (Å²) in [5.41, 5.74) is 0.748. The van der Waals surface area contributed by atoms with Crippen LogP contribution in [-0.4, -0.2) is 30.4 Å². The maximum Gasteiger partial charge on any atom is 0.340 e. The number of carbonyl (C=O) groups is 3. The highest BCUT2D eigenvalue weighted by molar-refractivity contribution is 6.04. The van der Waals surface area contributed by atoms with Gasteiger partial charge in [0.05, 0.1) is 29.7 Å². The molecule has 1 aromatic carbocycles. The summed E-state index contributed by atoms with van der Waals surface area (Å²) >= 11 is 0. The second-order valence-electron chi connectivity index (χ2n) is 6.69. The molecule has 2 atom stereocenters. The van der Waals surface area contributed by atoms with E-state index < -0.39 is 5.97 Å². The molecule has 0 saturated heterocycles. The first-order valence-corrected chi connectivity index (χ1v) is 8.97. The van der Waals surface area contributed by atoms with E-state index in [0.29, 0.717) is 17.7 Å². The molecule has 0 radical (unpaired) electrons. The van der Waals surface area contributed by atoms with Gasteiger partial charge in [0.1, 0.15) is 0 Å². The van der Waals surface area contributed by atoms with Gasteiger partial charge in [-0.15, -0.1) is 0 Å². The van der Waals surface area contributed by atoms with Crippen molar-refractivity contribution in [2.75, 3.05) is 11.9 Å². The standard InChI is InChI=1S/C19H24N2O4/c1-2-25-19(24)13-9-5-6-10-16(13)21-18(23)15-11-14(15)17(22)20-12-7-3-4-8-12/h5-6,9-10,12,14-15H,2-4,7-8,11H2,1H3,(H,20,22)(H,21,23). The van der Waals surface area contributed by atoms with E-state index in [2.05, 4.69) is 10.6 Å². The van der Waals surface area contributed by atoms with Crippen LogP contribution in [-0.2, 0) is 14.3 Å². The van der Waals surface area contributed by atoms with Gasteiger partial charge in [0, 0.05) is 6.04 Å². The Kier molecular flexibility index (Phi) is 5.36. The third-order valence-corrected chi connectivity index (χ3v) is 4.85. The van der Waals surface area contributed by atoms with Crippen molar-refractivity contribution in [3.8, 4) is 0 Å². The first-order chi connectivity index (χ1) is 12.1. The average Bonchev–Trinajstić information content (AvgIpc) is 3.26. The minimum atomic E-state index is -0.468. The van der Waals surface area contributed by atoms with Gasteiger partial charge in [0.2, 0.25) is 11.8 Å². The molecule has 1 aromatic rings. The predicted octanol–water partition coefficient (Wildman–Crippen LogP) is 2.50. The summed E-state index contributed by atoms with van der Waals surface area (Å²) in [7, 11) is 0. The summed E-state index contributed by atoms with van der Waals surface area (Å²) in [6, 6.07) is 7.01. The number of ether oxygens (including phenoxy) is 1. The normalized spacial score (nSPS) is 22.3. The SMILES string of the molecule is CCOC(=O)c1ccccc1NC(=O)C1CC1C(=O)NC1CCCC1. The number of carbonyl (C=O) groups excluding carboxylic acids is 3. The highest BCUT2D eigenvalue weighted by atomic mass is 16.5. The Morgan fingerprint density at radius 3 is 2.48 bits per heavy atom. The summed E-state index contributed by atoms with van der Waals surface area (Å²) in [5, 5.41) is 5.81. The Hall–Kier alpha value is -2.37. The Bertz CT molecular complexity index is 667. The number of hydrogen-bond acceptors (Lipinski definition) is 4. The second-order valence-corrected chi connectivity index (χ2v) is 6.69. The Labute approximate surface area is 147 Å². The first kappa shape index (κ1) is 17.5. The highest BCUT2D eigenvalue weighted by Gasteiger charge is 2.48. The summed E-state index contributed by atoms with van der Waals surface area (Å²) in [4.78, 5) is 36.6. The van der Waals surface area contributed by atoms with Crippen LogP contribution in [0.4, 0.5) is 5.69 Å². The zero-order chi connectivity index (χ0) is 17.8. The number of anilines is 1. The van der Waals surface area contributed by atoms with Crippen molar-refractivity contribution in [1.29, 1.82) is 0 Å². The Balaban J connectivity index is 1.57. The topological polar surface area (TPSA) is 84.5 Å². The van der Waals surface area contributed by atoms with Crippen molar-refractivity contribution in [1.82, 2.24) is 5.32 Å². The van der Waals surface area contributed by atoms with Gasteiger partial charge in [0.15, 0.2) is 0 Å². The lowest BCUT2D eigenvalue weighted by atomic mass is 10.1. The fourth-order valence-corrected chi connectivity index (χ4v) is 3.36. The molecule has 2 saturated carbocycles. The van der Waals surface area contributed by atoms with Gasteiger partial charge in [0.25, 0.3) is 0 Å². The number of nitrogens with one attached hydrogen (secondary N) is 2. The molecule has 2 unspecified atom stereocenters. The summed E-state index contributed by atoms with van der Waals surface area (Å²) < 4.78 is 5.01. The van der Waals surface area contributed by atoms with Crippen LogP contribution in [0.15, 0.2) is 24.3 Å². The smallest absolute Gasteiger partial charge is 0.340 e. The van der Waals surface area contributed by atoms with Crippen molar-refractivity contribution in [3.05, 3.63) is 29.8 Å². The van der Waals surface area contributed by atoms with Crippen LogP contribution in [0.5, 0.6) is 0 Å². The van der Waals surface area contributed by atoms with Crippen molar-refractivity contribution in [3.63, 3.8) is 0 Å². The first-order valence-electron chi connectivity index (χ1n) is 8.97. The third kappa shape index (κ3) is 4.18. The van der Waals surface area contributed by atoms with E-state index in [1.54, 1.807) is 31.2 Å². The quantitative estimate of drug-likeness (QED) is 0.777. The van der Waals surface area contributed by atoms with Gasteiger partial charge in [-0.05, 0) is 38.3 Å². The number of amides is 2. The van der Waals surface area contributed by atoms with Gasteiger partial charge >= 0.3 is 5.97 Å². The Morgan fingerprint density at radius 1 is 1.08 bits per heavy atom. The van der Waals surface area contributed by atoms with Crippen LogP contribution >= 0.6 is 0 Å². The molecule has 2 amide bonds. The summed E-state index contributed by atoms with van der Waals surface area (Å²) in [5.74, 6) is -1.29. The highest BCUT2D eigenvalue weighted by Crippen LogP contribution is 2.40. The Morgan fingerprint density at radius 2 is 1.76 bits per heavy atom. The van der Waals surface area contributed by atoms with Gasteiger partial charge < -0.3 is 15.4 Å². The minimum Gasteiger partial charge on any atom is -0.462 e. The van der Waals surface area contributed by atoms with E-state index in [9.17, 15) is 14.4 Å². The molecule has 2 aliphatic rings. The zero-order valence-electron chi connectivity index (χ0n) is 14.4. The third-order valence-electron chi connectivity index (χ3n) is 4.85. The molecule has 6 heteroatoms. The molecular weight excluding hydrogens is 320 g/mol. The van der Waals surface area contributed by atoms with Crippen LogP contribution in [0.3, 0.4) is 0 Å². The largest absolute Gasteiger partial charge is 0.462 e. The van der Waals surface area contributed by atoms with E-state index in [-0.39, 0.29) is 36.3 Å². The fraction of sp³-hybridized carbons (Fsp3) is 0.526. The molecule has 0 heterocycles.